The number of thiophene rings is 1. The van der Waals surface area contributed by atoms with Crippen LogP contribution in [0.2, 0.25) is 4.34 Å². The number of urea groups is 1. The van der Waals surface area contributed by atoms with Crippen LogP contribution in [-0.2, 0) is 19.6 Å². The molecule has 0 saturated carbocycles. The normalized spacial score (nSPS) is 23.0. The first-order chi connectivity index (χ1) is 21.1. The van der Waals surface area contributed by atoms with Crippen LogP contribution >= 0.6 is 22.9 Å². The van der Waals surface area contributed by atoms with Gasteiger partial charge in [-0.05, 0) is 62.4 Å². The first kappa shape index (κ1) is 32.4. The molecule has 4 heterocycles. The molecule has 1 aromatic carbocycles. The molecule has 3 atom stereocenters. The lowest BCUT2D eigenvalue weighted by atomic mass is 10.1. The molecule has 0 bridgehead atoms. The molecule has 5 rings (SSSR count). The van der Waals surface area contributed by atoms with Crippen molar-refractivity contribution < 1.29 is 22.8 Å². The Morgan fingerprint density at radius 3 is 2.59 bits per heavy atom. The Labute approximate surface area is 267 Å². The summed E-state index contributed by atoms with van der Waals surface area (Å²) in [6, 6.07) is 11.8. The minimum atomic E-state index is -3.87. The van der Waals surface area contributed by atoms with E-state index in [4.69, 9.17) is 11.6 Å². The highest BCUT2D eigenvalue weighted by Gasteiger charge is 2.37. The maximum atomic E-state index is 13.4. The Morgan fingerprint density at radius 1 is 1.07 bits per heavy atom. The predicted octanol–water partition coefficient (Wildman–Crippen LogP) is 3.51. The number of carbonyl (C=O) groups excluding carboxylic acids is 3. The molecule has 4 amide bonds. The summed E-state index contributed by atoms with van der Waals surface area (Å²) in [5, 5.41) is 3.98. The fourth-order valence-corrected chi connectivity index (χ4v) is 8.19. The van der Waals surface area contributed by atoms with Crippen molar-refractivity contribution in [3.05, 3.63) is 57.1 Å². The third-order valence-corrected chi connectivity index (χ3v) is 10.8. The molecule has 2 N–H and O–H groups in total. The van der Waals surface area contributed by atoms with Crippen molar-refractivity contribution in [2.24, 2.45) is 0 Å². The van der Waals surface area contributed by atoms with Crippen molar-refractivity contribution in [1.29, 1.82) is 0 Å². The number of carbonyl (C=O) groups is 3. The summed E-state index contributed by atoms with van der Waals surface area (Å²) in [5.41, 5.74) is 0.756. The summed E-state index contributed by atoms with van der Waals surface area (Å²) in [6.07, 6.45) is 5.05. The van der Waals surface area contributed by atoms with Gasteiger partial charge in [-0.1, -0.05) is 29.8 Å². The highest BCUT2D eigenvalue weighted by Crippen LogP contribution is 2.24. The summed E-state index contributed by atoms with van der Waals surface area (Å²) >= 11 is 7.17. The van der Waals surface area contributed by atoms with E-state index in [2.05, 4.69) is 14.9 Å². The van der Waals surface area contributed by atoms with Gasteiger partial charge in [0, 0.05) is 67.8 Å². The van der Waals surface area contributed by atoms with E-state index in [0.717, 1.165) is 43.4 Å². The smallest absolute Gasteiger partial charge is 0.321 e. The summed E-state index contributed by atoms with van der Waals surface area (Å²) < 4.78 is 28.3. The number of anilines is 1. The van der Waals surface area contributed by atoms with Crippen LogP contribution in [0.15, 0.2) is 47.9 Å². The SMILES string of the molecule is CN(C(=O)Nc1ccccc1)C1CCN(CC2CCCN2C(=O)CN2CCCC(NS(=O)(=O)/C=C/c3ccc(Cl)s3)C2=O)C1. The summed E-state index contributed by atoms with van der Waals surface area (Å²) in [4.78, 5) is 47.5. The largest absolute Gasteiger partial charge is 0.337 e. The van der Waals surface area contributed by atoms with Crippen LogP contribution in [0, 0.1) is 0 Å². The zero-order valence-corrected chi connectivity index (χ0v) is 27.1. The molecular weight excluding hydrogens is 624 g/mol. The minimum Gasteiger partial charge on any atom is -0.337 e. The fourth-order valence-electron chi connectivity index (χ4n) is 6.12. The second-order valence-electron chi connectivity index (χ2n) is 11.6. The number of likely N-dealkylation sites (N-methyl/N-ethyl adjacent to an activating group) is 1. The Balaban J connectivity index is 1.11. The van der Waals surface area contributed by atoms with Gasteiger partial charge in [0.2, 0.25) is 21.8 Å². The van der Waals surface area contributed by atoms with Gasteiger partial charge in [-0.3, -0.25) is 14.5 Å². The molecule has 44 heavy (non-hydrogen) atoms. The van der Waals surface area contributed by atoms with Crippen LogP contribution < -0.4 is 10.0 Å². The van der Waals surface area contributed by atoms with Gasteiger partial charge >= 0.3 is 6.03 Å². The minimum absolute atomic E-state index is 0.0368. The fraction of sp³-hybridized carbons (Fsp3) is 0.500. The van der Waals surface area contributed by atoms with E-state index in [1.165, 1.54) is 22.3 Å². The molecule has 3 saturated heterocycles. The van der Waals surface area contributed by atoms with E-state index in [1.807, 2.05) is 42.3 Å². The molecule has 3 aliphatic heterocycles. The Hall–Kier alpha value is -2.97. The monoisotopic (exact) mass is 662 g/mol. The Kier molecular flexibility index (Phi) is 10.6. The second-order valence-corrected chi connectivity index (χ2v) is 14.9. The molecule has 0 radical (unpaired) electrons. The van der Waals surface area contributed by atoms with Gasteiger partial charge in [0.15, 0.2) is 0 Å². The zero-order valence-electron chi connectivity index (χ0n) is 24.7. The van der Waals surface area contributed by atoms with Crippen molar-refractivity contribution in [1.82, 2.24) is 24.3 Å². The molecular formula is C30H39ClN6O5S2. The number of benzene rings is 1. The van der Waals surface area contributed by atoms with Gasteiger partial charge in [0.05, 0.1) is 10.9 Å². The van der Waals surface area contributed by atoms with E-state index < -0.39 is 16.1 Å². The van der Waals surface area contributed by atoms with Crippen LogP contribution in [0.1, 0.15) is 37.0 Å². The molecule has 3 fully saturated rings. The number of hydrogen-bond donors (Lipinski definition) is 2. The van der Waals surface area contributed by atoms with Gasteiger partial charge in [-0.15, -0.1) is 11.3 Å². The quantitative estimate of drug-likeness (QED) is 0.402. The average Bonchev–Trinajstić information content (AvgIpc) is 3.76. The number of likely N-dealkylation sites (tertiary alicyclic amines) is 3. The number of rotatable bonds is 10. The summed E-state index contributed by atoms with van der Waals surface area (Å²) in [6.45, 7) is 3.27. The van der Waals surface area contributed by atoms with E-state index >= 15 is 0 Å². The Bertz CT molecular complexity index is 1470. The van der Waals surface area contributed by atoms with Crippen LogP contribution in [0.5, 0.6) is 0 Å². The van der Waals surface area contributed by atoms with E-state index in [9.17, 15) is 22.8 Å². The highest BCUT2D eigenvalue weighted by atomic mass is 35.5. The maximum Gasteiger partial charge on any atom is 0.321 e. The number of sulfonamides is 1. The lowest BCUT2D eigenvalue weighted by Gasteiger charge is -2.34. The first-order valence-corrected chi connectivity index (χ1v) is 17.7. The van der Waals surface area contributed by atoms with Crippen molar-refractivity contribution in [2.75, 3.05) is 51.6 Å². The molecule has 14 heteroatoms. The molecule has 11 nitrogen and oxygen atoms in total. The van der Waals surface area contributed by atoms with Gasteiger partial charge in [0.1, 0.15) is 6.04 Å². The molecule has 238 valence electrons. The molecule has 1 aromatic heterocycles. The van der Waals surface area contributed by atoms with Gasteiger partial charge in [0.25, 0.3) is 0 Å². The van der Waals surface area contributed by atoms with Crippen molar-refractivity contribution in [3.8, 4) is 0 Å². The van der Waals surface area contributed by atoms with Crippen LogP contribution in [0.4, 0.5) is 10.5 Å². The highest BCUT2D eigenvalue weighted by molar-refractivity contribution is 7.92. The molecule has 0 spiro atoms. The molecule has 3 aliphatic rings. The average molecular weight is 663 g/mol. The van der Waals surface area contributed by atoms with E-state index in [-0.39, 0.29) is 36.5 Å². The van der Waals surface area contributed by atoms with Crippen LogP contribution in [0.25, 0.3) is 6.08 Å². The van der Waals surface area contributed by atoms with Gasteiger partial charge in [-0.2, -0.15) is 4.72 Å². The predicted molar refractivity (Wildman–Crippen MR) is 173 cm³/mol. The van der Waals surface area contributed by atoms with Gasteiger partial charge in [-0.25, -0.2) is 13.2 Å². The third-order valence-electron chi connectivity index (χ3n) is 8.48. The molecule has 2 aromatic rings. The third kappa shape index (κ3) is 8.39. The lowest BCUT2D eigenvalue weighted by molar-refractivity contribution is -0.143. The maximum absolute atomic E-state index is 13.4. The molecule has 3 unspecified atom stereocenters. The second kappa shape index (κ2) is 14.4. The van der Waals surface area contributed by atoms with Gasteiger partial charge < -0.3 is 20.0 Å². The van der Waals surface area contributed by atoms with Crippen LogP contribution in [-0.4, -0.2) is 110 Å². The van der Waals surface area contributed by atoms with E-state index in [0.29, 0.717) is 41.7 Å². The number of amides is 4. The topological polar surface area (TPSA) is 122 Å². The van der Waals surface area contributed by atoms with Crippen molar-refractivity contribution in [3.63, 3.8) is 0 Å². The van der Waals surface area contributed by atoms with Crippen LogP contribution in [0.3, 0.4) is 0 Å². The number of nitrogens with zero attached hydrogens (tertiary/aromatic N) is 4. The van der Waals surface area contributed by atoms with Crippen molar-refractivity contribution >= 4 is 62.6 Å². The lowest BCUT2D eigenvalue weighted by Crippen LogP contribution is -2.55. The number of nitrogens with one attached hydrogen (secondary N) is 2. The van der Waals surface area contributed by atoms with E-state index in [1.54, 1.807) is 17.0 Å². The number of piperidine rings is 1. The first-order valence-electron chi connectivity index (χ1n) is 14.9. The number of hydrogen-bond acceptors (Lipinski definition) is 7. The summed E-state index contributed by atoms with van der Waals surface area (Å²) in [5.74, 6) is -0.496. The summed E-state index contributed by atoms with van der Waals surface area (Å²) in [7, 11) is -2.05. The molecule has 0 aliphatic carbocycles. The standard InChI is InChI=1S/C30H39ClN6O5S2/c1-34(30(40)32-22-7-3-2-4-8-22)23-13-17-35(19-23)20-24-9-5-16-37(24)28(38)21-36-15-6-10-26(29(36)39)33-44(41,42)18-14-25-11-12-27(31)43-25/h2-4,7-8,11-12,14,18,23-24,26,33H,5-6,9-10,13,15-17,19-21H2,1H3,(H,32,40)/b18-14+. The Morgan fingerprint density at radius 2 is 1.84 bits per heavy atom. The zero-order chi connectivity index (χ0) is 31.3. The number of halogens is 1. The van der Waals surface area contributed by atoms with Crippen molar-refractivity contribution in [2.45, 2.75) is 50.2 Å². The number of para-hydroxylation sites is 1.